The lowest BCUT2D eigenvalue weighted by molar-refractivity contribution is 0.162. The van der Waals surface area contributed by atoms with Gasteiger partial charge in [-0.15, -0.1) is 0 Å². The van der Waals surface area contributed by atoms with E-state index in [1.807, 2.05) is 30.1 Å². The third kappa shape index (κ3) is 2.49. The molecule has 19 heavy (non-hydrogen) atoms. The summed E-state index contributed by atoms with van der Waals surface area (Å²) in [5.74, 6) is 1.49. The Hall–Kier alpha value is -1.07. The number of aromatic nitrogens is 2. The largest absolute Gasteiger partial charge is 0.488 e. The monoisotopic (exact) mass is 323 g/mol. The van der Waals surface area contributed by atoms with E-state index in [9.17, 15) is 0 Å². The van der Waals surface area contributed by atoms with Crippen LogP contribution in [0, 0.1) is 5.92 Å². The van der Waals surface area contributed by atoms with Gasteiger partial charge in [-0.05, 0) is 32.0 Å². The summed E-state index contributed by atoms with van der Waals surface area (Å²) in [6.07, 6.45) is 3.22. The zero-order valence-electron chi connectivity index (χ0n) is 11.2. The molecule has 1 aromatic heterocycles. The minimum Gasteiger partial charge on any atom is -0.488 e. The van der Waals surface area contributed by atoms with Gasteiger partial charge in [-0.2, -0.15) is 0 Å². The summed E-state index contributed by atoms with van der Waals surface area (Å²) in [6.45, 7) is 4.29. The molecule has 1 aliphatic heterocycles. The van der Waals surface area contributed by atoms with Gasteiger partial charge in [0.15, 0.2) is 0 Å². The van der Waals surface area contributed by atoms with E-state index in [0.717, 1.165) is 34.3 Å². The highest BCUT2D eigenvalue weighted by Crippen LogP contribution is 2.31. The number of nitrogens with zero attached hydrogens (tertiary/aromatic N) is 2. The Morgan fingerprint density at radius 1 is 1.53 bits per heavy atom. The first-order chi connectivity index (χ1) is 9.15. The first-order valence-corrected chi connectivity index (χ1v) is 7.42. The van der Waals surface area contributed by atoms with E-state index in [2.05, 4.69) is 33.2 Å². The van der Waals surface area contributed by atoms with Gasteiger partial charge < -0.3 is 14.6 Å². The Morgan fingerprint density at radius 3 is 3.11 bits per heavy atom. The highest BCUT2D eigenvalue weighted by atomic mass is 79.9. The van der Waals surface area contributed by atoms with Crippen LogP contribution in [-0.2, 0) is 7.05 Å². The van der Waals surface area contributed by atoms with Crippen molar-refractivity contribution in [3.8, 4) is 5.75 Å². The number of halogens is 1. The third-order valence-electron chi connectivity index (χ3n) is 3.82. The van der Waals surface area contributed by atoms with Crippen molar-refractivity contribution >= 4 is 27.0 Å². The standard InChI is InChI=1S/C14H18BrN3O/c1-9(10-3-4-16-7-10)19-13-6-11(15)5-12-14(13)18(2)8-17-12/h5-6,8-10,16H,3-4,7H2,1-2H3/t9-,10-/m1/s1. The van der Waals surface area contributed by atoms with Crippen molar-refractivity contribution in [2.45, 2.75) is 19.4 Å². The number of rotatable bonds is 3. The fourth-order valence-corrected chi connectivity index (χ4v) is 3.11. The molecule has 0 radical (unpaired) electrons. The smallest absolute Gasteiger partial charge is 0.146 e. The van der Waals surface area contributed by atoms with Crippen LogP contribution >= 0.6 is 15.9 Å². The molecule has 4 nitrogen and oxygen atoms in total. The van der Waals surface area contributed by atoms with Crippen LogP contribution in [-0.4, -0.2) is 28.7 Å². The Morgan fingerprint density at radius 2 is 2.37 bits per heavy atom. The second-order valence-electron chi connectivity index (χ2n) is 5.20. The van der Waals surface area contributed by atoms with Crippen molar-refractivity contribution in [2.75, 3.05) is 13.1 Å². The summed E-state index contributed by atoms with van der Waals surface area (Å²) in [7, 11) is 2.00. The lowest BCUT2D eigenvalue weighted by atomic mass is 10.0. The maximum atomic E-state index is 6.20. The minimum absolute atomic E-state index is 0.211. The molecule has 0 aliphatic carbocycles. The molecule has 102 valence electrons. The van der Waals surface area contributed by atoms with Crippen LogP contribution in [0.25, 0.3) is 11.0 Å². The van der Waals surface area contributed by atoms with Gasteiger partial charge in [-0.1, -0.05) is 15.9 Å². The average molecular weight is 324 g/mol. The van der Waals surface area contributed by atoms with Crippen molar-refractivity contribution in [3.05, 3.63) is 22.9 Å². The third-order valence-corrected chi connectivity index (χ3v) is 4.28. The summed E-state index contributed by atoms with van der Waals surface area (Å²) < 4.78 is 9.22. The summed E-state index contributed by atoms with van der Waals surface area (Å²) in [6, 6.07) is 4.05. The number of nitrogens with one attached hydrogen (secondary N) is 1. The molecule has 1 aromatic carbocycles. The fraction of sp³-hybridized carbons (Fsp3) is 0.500. The molecular formula is C14H18BrN3O. The summed E-state index contributed by atoms with van der Waals surface area (Å²) >= 11 is 3.52. The zero-order valence-corrected chi connectivity index (χ0v) is 12.8. The zero-order chi connectivity index (χ0) is 13.4. The summed E-state index contributed by atoms with van der Waals surface area (Å²) in [5, 5.41) is 3.39. The first-order valence-electron chi connectivity index (χ1n) is 6.63. The van der Waals surface area contributed by atoms with Gasteiger partial charge in [0, 0.05) is 24.0 Å². The normalized spacial score (nSPS) is 20.9. The number of hydrogen-bond acceptors (Lipinski definition) is 3. The first kappa shape index (κ1) is 12.9. The molecular weight excluding hydrogens is 306 g/mol. The SMILES string of the molecule is C[C@@H](Oc1cc(Br)cc2ncn(C)c12)[C@@H]1CCNC1. The van der Waals surface area contributed by atoms with Crippen LogP contribution in [0.5, 0.6) is 5.75 Å². The van der Waals surface area contributed by atoms with Crippen LogP contribution in [0.4, 0.5) is 0 Å². The van der Waals surface area contributed by atoms with Gasteiger partial charge in [0.05, 0.1) is 11.8 Å². The quantitative estimate of drug-likeness (QED) is 0.944. The van der Waals surface area contributed by atoms with E-state index in [1.165, 1.54) is 6.42 Å². The second-order valence-corrected chi connectivity index (χ2v) is 6.12. The number of hydrogen-bond donors (Lipinski definition) is 1. The predicted molar refractivity (Wildman–Crippen MR) is 79.5 cm³/mol. The Kier molecular flexibility index (Phi) is 3.50. The van der Waals surface area contributed by atoms with E-state index >= 15 is 0 Å². The molecule has 2 heterocycles. The van der Waals surface area contributed by atoms with Gasteiger partial charge in [-0.3, -0.25) is 0 Å². The molecule has 2 aromatic rings. The number of fused-ring (bicyclic) bond motifs is 1. The van der Waals surface area contributed by atoms with E-state index in [1.54, 1.807) is 0 Å². The molecule has 2 atom stereocenters. The van der Waals surface area contributed by atoms with Crippen molar-refractivity contribution < 1.29 is 4.74 Å². The molecule has 5 heteroatoms. The van der Waals surface area contributed by atoms with Crippen LogP contribution < -0.4 is 10.1 Å². The maximum Gasteiger partial charge on any atom is 0.146 e. The van der Waals surface area contributed by atoms with E-state index < -0.39 is 0 Å². The molecule has 3 rings (SSSR count). The highest BCUT2D eigenvalue weighted by molar-refractivity contribution is 9.10. The van der Waals surface area contributed by atoms with Crippen molar-refractivity contribution in [3.63, 3.8) is 0 Å². The molecule has 0 amide bonds. The number of benzene rings is 1. The Labute approximate surface area is 121 Å². The fourth-order valence-electron chi connectivity index (χ4n) is 2.68. The highest BCUT2D eigenvalue weighted by Gasteiger charge is 2.23. The van der Waals surface area contributed by atoms with Gasteiger partial charge in [0.25, 0.3) is 0 Å². The topological polar surface area (TPSA) is 39.1 Å². The van der Waals surface area contributed by atoms with Gasteiger partial charge in [0.2, 0.25) is 0 Å². The van der Waals surface area contributed by atoms with E-state index in [4.69, 9.17) is 4.74 Å². The van der Waals surface area contributed by atoms with E-state index in [-0.39, 0.29) is 6.10 Å². The van der Waals surface area contributed by atoms with Gasteiger partial charge >= 0.3 is 0 Å². The number of aryl methyl sites for hydroxylation is 1. The molecule has 1 aliphatic rings. The number of ether oxygens (including phenoxy) is 1. The Balaban J connectivity index is 1.92. The van der Waals surface area contributed by atoms with Crippen LogP contribution in [0.3, 0.4) is 0 Å². The predicted octanol–water partition coefficient (Wildman–Crippen LogP) is 2.71. The average Bonchev–Trinajstić information content (AvgIpc) is 2.99. The lowest BCUT2D eigenvalue weighted by Crippen LogP contribution is -2.25. The lowest BCUT2D eigenvalue weighted by Gasteiger charge is -2.21. The minimum atomic E-state index is 0.211. The Bertz CT molecular complexity index is 590. The second kappa shape index (κ2) is 5.13. The van der Waals surface area contributed by atoms with Crippen LogP contribution in [0.1, 0.15) is 13.3 Å². The molecule has 1 fully saturated rings. The summed E-state index contributed by atoms with van der Waals surface area (Å²) in [4.78, 5) is 4.39. The van der Waals surface area contributed by atoms with E-state index in [0.29, 0.717) is 5.92 Å². The molecule has 0 saturated carbocycles. The van der Waals surface area contributed by atoms with Gasteiger partial charge in [0.1, 0.15) is 17.4 Å². The van der Waals surface area contributed by atoms with Crippen molar-refractivity contribution in [1.29, 1.82) is 0 Å². The number of imidazole rings is 1. The molecule has 1 N–H and O–H groups in total. The van der Waals surface area contributed by atoms with Crippen molar-refractivity contribution in [1.82, 2.24) is 14.9 Å². The molecule has 1 saturated heterocycles. The molecule has 0 spiro atoms. The molecule has 0 bridgehead atoms. The van der Waals surface area contributed by atoms with Gasteiger partial charge in [-0.25, -0.2) is 4.98 Å². The van der Waals surface area contributed by atoms with Crippen molar-refractivity contribution in [2.24, 2.45) is 13.0 Å². The van der Waals surface area contributed by atoms with Crippen LogP contribution in [0.2, 0.25) is 0 Å². The molecule has 0 unspecified atom stereocenters. The van der Waals surface area contributed by atoms with Crippen LogP contribution in [0.15, 0.2) is 22.9 Å². The summed E-state index contributed by atoms with van der Waals surface area (Å²) in [5.41, 5.74) is 2.02. The maximum absolute atomic E-state index is 6.20.